The summed E-state index contributed by atoms with van der Waals surface area (Å²) in [6, 6.07) is 12.0. The van der Waals surface area contributed by atoms with E-state index in [4.69, 9.17) is 24.7 Å². The molecule has 0 bridgehead atoms. The number of aromatic nitrogens is 1. The van der Waals surface area contributed by atoms with Crippen molar-refractivity contribution in [3.8, 4) is 17.2 Å². The molecular formula is C25H23FN2O5S. The van der Waals surface area contributed by atoms with Crippen LogP contribution in [0.25, 0.3) is 10.1 Å². The van der Waals surface area contributed by atoms with E-state index in [0.29, 0.717) is 33.0 Å². The lowest BCUT2D eigenvalue weighted by Gasteiger charge is -2.12. The molecule has 0 atom stereocenters. The molecular weight excluding hydrogens is 459 g/mol. The predicted octanol–water partition coefficient (Wildman–Crippen LogP) is 6.02. The molecule has 0 fully saturated rings. The molecule has 2 heterocycles. The van der Waals surface area contributed by atoms with Gasteiger partial charge in [0, 0.05) is 22.6 Å². The molecule has 4 aromatic rings. The Hall–Kier alpha value is -3.85. The Kier molecular flexibility index (Phi) is 7.12. The Morgan fingerprint density at radius 1 is 1.09 bits per heavy atom. The van der Waals surface area contributed by atoms with Gasteiger partial charge < -0.3 is 24.7 Å². The molecule has 0 radical (unpaired) electrons. The van der Waals surface area contributed by atoms with Crippen LogP contribution in [-0.4, -0.2) is 17.7 Å². The topological polar surface area (TPSA) is 92.9 Å². The first kappa shape index (κ1) is 23.3. The van der Waals surface area contributed by atoms with Gasteiger partial charge in [-0.25, -0.2) is 14.2 Å². The van der Waals surface area contributed by atoms with Crippen molar-refractivity contribution in [1.29, 1.82) is 0 Å². The summed E-state index contributed by atoms with van der Waals surface area (Å²) in [6.07, 6.45) is 0.597. The van der Waals surface area contributed by atoms with Crippen LogP contribution >= 0.6 is 11.3 Å². The summed E-state index contributed by atoms with van der Waals surface area (Å²) in [6.45, 7) is 4.14. The summed E-state index contributed by atoms with van der Waals surface area (Å²) >= 11 is 1.37. The average molecular weight is 483 g/mol. The molecule has 176 valence electrons. The van der Waals surface area contributed by atoms with Crippen LogP contribution in [0.3, 0.4) is 0 Å². The maximum absolute atomic E-state index is 13.9. The maximum atomic E-state index is 13.9. The number of benzene rings is 2. The number of nitrogens with zero attached hydrogens (tertiary/aromatic N) is 1. The normalized spacial score (nSPS) is 10.8. The van der Waals surface area contributed by atoms with Crippen molar-refractivity contribution in [2.24, 2.45) is 0 Å². The van der Waals surface area contributed by atoms with Crippen molar-refractivity contribution < 1.29 is 28.1 Å². The Bertz CT molecular complexity index is 1320. The van der Waals surface area contributed by atoms with Gasteiger partial charge in [0.05, 0.1) is 17.5 Å². The second-order valence-electron chi connectivity index (χ2n) is 7.41. The molecule has 0 aliphatic carbocycles. The highest BCUT2D eigenvalue weighted by Gasteiger charge is 2.17. The minimum Gasteiger partial charge on any atom is -0.489 e. The first-order valence-electron chi connectivity index (χ1n) is 10.5. The number of aryl methyl sites for hydroxylation is 1. The molecule has 2 aromatic carbocycles. The second-order valence-corrected chi connectivity index (χ2v) is 8.29. The van der Waals surface area contributed by atoms with E-state index < -0.39 is 6.16 Å². The highest BCUT2D eigenvalue weighted by molar-refractivity contribution is 7.17. The van der Waals surface area contributed by atoms with Gasteiger partial charge in [-0.05, 0) is 43.0 Å². The van der Waals surface area contributed by atoms with Crippen LogP contribution < -0.4 is 19.9 Å². The van der Waals surface area contributed by atoms with Crippen LogP contribution in [-0.2, 0) is 18.0 Å². The Balaban J connectivity index is 1.49. The zero-order chi connectivity index (χ0) is 24.1. The quantitative estimate of drug-likeness (QED) is 0.307. The standard InChI is InChI=1S/C25H23FN2O5S/c1-3-30-25(29)33-21-11-28-24(27)22-17(14-34-23(21)22)13-32-19-9-15(2)8-18(10-19)31-12-16-6-4-5-7-20(16)26/h4-11,14H,3,12-13H2,1-2H3,(H2,27,28). The van der Waals surface area contributed by atoms with Gasteiger partial charge in [-0.2, -0.15) is 0 Å². The first-order chi connectivity index (χ1) is 16.4. The molecule has 9 heteroatoms. The number of carbonyl (C=O) groups excluding carboxylic acids is 1. The molecule has 0 aliphatic heterocycles. The zero-order valence-corrected chi connectivity index (χ0v) is 19.5. The van der Waals surface area contributed by atoms with Crippen molar-refractivity contribution in [3.05, 3.63) is 76.5 Å². The SMILES string of the molecule is CCOC(=O)Oc1cnc(N)c2c(COc3cc(C)cc(OCc4ccccc4F)c3)csc12. The Morgan fingerprint density at radius 2 is 1.79 bits per heavy atom. The van der Waals surface area contributed by atoms with Gasteiger partial charge in [0.25, 0.3) is 0 Å². The molecule has 0 aliphatic rings. The molecule has 0 unspecified atom stereocenters. The maximum Gasteiger partial charge on any atom is 0.513 e. The summed E-state index contributed by atoms with van der Waals surface area (Å²) in [4.78, 5) is 15.9. The lowest BCUT2D eigenvalue weighted by Crippen LogP contribution is -2.10. The minimum atomic E-state index is -0.802. The number of pyridine rings is 1. The zero-order valence-electron chi connectivity index (χ0n) is 18.7. The number of hydrogen-bond acceptors (Lipinski definition) is 8. The minimum absolute atomic E-state index is 0.107. The number of thiophene rings is 1. The van der Waals surface area contributed by atoms with E-state index in [2.05, 4.69) is 4.98 Å². The van der Waals surface area contributed by atoms with E-state index in [1.165, 1.54) is 23.6 Å². The predicted molar refractivity (Wildman–Crippen MR) is 128 cm³/mol. The monoisotopic (exact) mass is 482 g/mol. The van der Waals surface area contributed by atoms with Crippen LogP contribution in [0.15, 0.2) is 54.0 Å². The van der Waals surface area contributed by atoms with Crippen LogP contribution in [0.4, 0.5) is 15.0 Å². The fourth-order valence-electron chi connectivity index (χ4n) is 3.34. The van der Waals surface area contributed by atoms with Gasteiger partial charge in [-0.3, -0.25) is 0 Å². The molecule has 0 saturated carbocycles. The van der Waals surface area contributed by atoms with E-state index in [0.717, 1.165) is 11.1 Å². The number of nitrogens with two attached hydrogens (primary N) is 1. The number of fused-ring (bicyclic) bond motifs is 1. The van der Waals surface area contributed by atoms with Crippen LogP contribution in [0.5, 0.6) is 17.2 Å². The van der Waals surface area contributed by atoms with Crippen molar-refractivity contribution in [1.82, 2.24) is 4.98 Å². The number of anilines is 1. The summed E-state index contributed by atoms with van der Waals surface area (Å²) < 4.78 is 36.4. The molecule has 2 N–H and O–H groups in total. The highest BCUT2D eigenvalue weighted by Crippen LogP contribution is 2.37. The largest absolute Gasteiger partial charge is 0.513 e. The van der Waals surface area contributed by atoms with Crippen molar-refractivity contribution in [2.45, 2.75) is 27.1 Å². The first-order valence-corrected chi connectivity index (χ1v) is 11.4. The van der Waals surface area contributed by atoms with Crippen molar-refractivity contribution in [3.63, 3.8) is 0 Å². The number of rotatable bonds is 8. The number of halogens is 1. The van der Waals surface area contributed by atoms with E-state index in [1.54, 1.807) is 31.2 Å². The van der Waals surface area contributed by atoms with E-state index in [9.17, 15) is 9.18 Å². The fourth-order valence-corrected chi connectivity index (χ4v) is 4.35. The lowest BCUT2D eigenvalue weighted by atomic mass is 10.2. The summed E-state index contributed by atoms with van der Waals surface area (Å²) in [5.74, 6) is 1.43. The number of nitrogen functional groups attached to an aromatic ring is 1. The smallest absolute Gasteiger partial charge is 0.489 e. The number of hydrogen-bond donors (Lipinski definition) is 1. The number of carbonyl (C=O) groups is 1. The molecule has 7 nitrogen and oxygen atoms in total. The van der Waals surface area contributed by atoms with Gasteiger partial charge in [-0.1, -0.05) is 18.2 Å². The van der Waals surface area contributed by atoms with Crippen molar-refractivity contribution >= 4 is 33.4 Å². The second kappa shape index (κ2) is 10.4. The Morgan fingerprint density at radius 3 is 2.50 bits per heavy atom. The lowest BCUT2D eigenvalue weighted by molar-refractivity contribution is 0.105. The third-order valence-electron chi connectivity index (χ3n) is 4.89. The van der Waals surface area contributed by atoms with E-state index in [-0.39, 0.29) is 31.4 Å². The van der Waals surface area contributed by atoms with Crippen LogP contribution in [0, 0.1) is 12.7 Å². The van der Waals surface area contributed by atoms with Crippen LogP contribution in [0.2, 0.25) is 0 Å². The van der Waals surface area contributed by atoms with Gasteiger partial charge in [0.1, 0.15) is 36.3 Å². The molecule has 0 amide bonds. The molecule has 0 saturated heterocycles. The highest BCUT2D eigenvalue weighted by atomic mass is 32.1. The van der Waals surface area contributed by atoms with Gasteiger partial charge >= 0.3 is 6.16 Å². The fraction of sp³-hybridized carbons (Fsp3) is 0.200. The van der Waals surface area contributed by atoms with Gasteiger partial charge in [0.15, 0.2) is 5.75 Å². The average Bonchev–Trinajstić information content (AvgIpc) is 3.24. The van der Waals surface area contributed by atoms with Gasteiger partial charge in [-0.15, -0.1) is 11.3 Å². The van der Waals surface area contributed by atoms with Gasteiger partial charge in [0.2, 0.25) is 0 Å². The molecule has 0 spiro atoms. The molecule has 4 rings (SSSR count). The third-order valence-corrected chi connectivity index (χ3v) is 5.94. The number of ether oxygens (including phenoxy) is 4. The summed E-state index contributed by atoms with van der Waals surface area (Å²) in [7, 11) is 0. The summed E-state index contributed by atoms with van der Waals surface area (Å²) in [5, 5.41) is 2.54. The van der Waals surface area contributed by atoms with Crippen molar-refractivity contribution in [2.75, 3.05) is 12.3 Å². The van der Waals surface area contributed by atoms with E-state index in [1.807, 2.05) is 24.4 Å². The van der Waals surface area contributed by atoms with E-state index >= 15 is 0 Å². The molecule has 34 heavy (non-hydrogen) atoms. The summed E-state index contributed by atoms with van der Waals surface area (Å²) in [5.41, 5.74) is 8.31. The Labute approximate surface area is 199 Å². The van der Waals surface area contributed by atoms with Crippen LogP contribution in [0.1, 0.15) is 23.6 Å². The third kappa shape index (κ3) is 5.37. The molecule has 2 aromatic heterocycles.